The van der Waals surface area contributed by atoms with Crippen molar-refractivity contribution in [3.63, 3.8) is 0 Å². The first kappa shape index (κ1) is 14.3. The zero-order valence-electron chi connectivity index (χ0n) is 11.3. The fourth-order valence-electron chi connectivity index (χ4n) is 1.81. The summed E-state index contributed by atoms with van der Waals surface area (Å²) in [5, 5.41) is 12.5. The molecule has 0 aliphatic heterocycles. The van der Waals surface area contributed by atoms with Crippen LogP contribution in [0.2, 0.25) is 0 Å². The molecule has 0 aliphatic rings. The molecular weight excluding hydrogens is 272 g/mol. The summed E-state index contributed by atoms with van der Waals surface area (Å²) in [6.45, 7) is 1.95. The van der Waals surface area contributed by atoms with E-state index in [2.05, 4.69) is 20.8 Å². The van der Waals surface area contributed by atoms with E-state index in [1.54, 1.807) is 18.6 Å². The quantitative estimate of drug-likeness (QED) is 0.618. The van der Waals surface area contributed by atoms with Crippen LogP contribution in [0.4, 0.5) is 10.6 Å². The van der Waals surface area contributed by atoms with Crippen molar-refractivity contribution < 1.29 is 9.90 Å². The fraction of sp³-hybridized carbons (Fsp3) is 0.0769. The molecule has 5 N–H and O–H groups in total. The summed E-state index contributed by atoms with van der Waals surface area (Å²) >= 11 is 0. The van der Waals surface area contributed by atoms with Crippen LogP contribution in [-0.4, -0.2) is 30.9 Å². The van der Waals surface area contributed by atoms with Gasteiger partial charge in [0.15, 0.2) is 0 Å². The van der Waals surface area contributed by atoms with E-state index in [1.165, 1.54) is 0 Å². The van der Waals surface area contributed by atoms with Crippen LogP contribution in [0.25, 0.3) is 16.6 Å². The SMILES string of the molecule is Cc1cc(-n2ncc3cc(N)ncc32)ccn1.NC(=O)O. The standard InChI is InChI=1S/C12H11N5.CH3NO2/c1-8-4-10(2-3-14-8)17-11-7-15-12(13)5-9(11)6-16-17;2-1(3)4/h2-7H,1H3,(H2,13,15);2H2,(H,3,4). The highest BCUT2D eigenvalue weighted by atomic mass is 16.4. The van der Waals surface area contributed by atoms with Crippen LogP contribution >= 0.6 is 0 Å². The Morgan fingerprint density at radius 1 is 1.29 bits per heavy atom. The van der Waals surface area contributed by atoms with Gasteiger partial charge in [0.25, 0.3) is 0 Å². The van der Waals surface area contributed by atoms with Crippen molar-refractivity contribution >= 4 is 22.8 Å². The molecule has 0 spiro atoms. The number of aryl methyl sites for hydroxylation is 1. The molecule has 3 aromatic rings. The average Bonchev–Trinajstić information content (AvgIpc) is 2.80. The Morgan fingerprint density at radius 2 is 2.00 bits per heavy atom. The minimum Gasteiger partial charge on any atom is -0.465 e. The van der Waals surface area contributed by atoms with Crippen LogP contribution in [0.15, 0.2) is 36.8 Å². The molecule has 21 heavy (non-hydrogen) atoms. The molecule has 3 heterocycles. The van der Waals surface area contributed by atoms with Crippen LogP contribution in [0, 0.1) is 6.92 Å². The molecule has 0 saturated carbocycles. The number of fused-ring (bicyclic) bond motifs is 1. The molecule has 0 fully saturated rings. The molecule has 0 saturated heterocycles. The first-order valence-electron chi connectivity index (χ1n) is 5.98. The first-order chi connectivity index (χ1) is 9.97. The van der Waals surface area contributed by atoms with E-state index < -0.39 is 6.09 Å². The fourth-order valence-corrected chi connectivity index (χ4v) is 1.81. The normalized spacial score (nSPS) is 9.95. The van der Waals surface area contributed by atoms with E-state index in [1.807, 2.05) is 29.8 Å². The molecule has 8 heteroatoms. The number of amides is 1. The van der Waals surface area contributed by atoms with Gasteiger partial charge in [0.1, 0.15) is 5.82 Å². The van der Waals surface area contributed by atoms with E-state index in [9.17, 15) is 0 Å². The van der Waals surface area contributed by atoms with Gasteiger partial charge in [-0.2, -0.15) is 5.10 Å². The van der Waals surface area contributed by atoms with E-state index >= 15 is 0 Å². The summed E-state index contributed by atoms with van der Waals surface area (Å²) in [7, 11) is 0. The number of aromatic nitrogens is 4. The minimum absolute atomic E-state index is 0.503. The van der Waals surface area contributed by atoms with Crippen LogP contribution < -0.4 is 11.5 Å². The predicted molar refractivity (Wildman–Crippen MR) is 78.0 cm³/mol. The molecule has 0 bridgehead atoms. The van der Waals surface area contributed by atoms with Gasteiger partial charge in [-0.25, -0.2) is 14.5 Å². The number of primary amides is 1. The molecular formula is C13H14N6O2. The summed E-state index contributed by atoms with van der Waals surface area (Å²) in [6.07, 6.45) is 3.94. The second kappa shape index (κ2) is 5.87. The lowest BCUT2D eigenvalue weighted by molar-refractivity contribution is 0.205. The average molecular weight is 286 g/mol. The molecule has 8 nitrogen and oxygen atoms in total. The molecule has 0 unspecified atom stereocenters. The van der Waals surface area contributed by atoms with E-state index in [-0.39, 0.29) is 0 Å². The molecule has 3 rings (SSSR count). The second-order valence-corrected chi connectivity index (χ2v) is 4.22. The van der Waals surface area contributed by atoms with Gasteiger partial charge in [-0.1, -0.05) is 0 Å². The second-order valence-electron chi connectivity index (χ2n) is 4.22. The highest BCUT2D eigenvalue weighted by Crippen LogP contribution is 2.18. The van der Waals surface area contributed by atoms with E-state index in [4.69, 9.17) is 15.6 Å². The maximum absolute atomic E-state index is 8.78. The van der Waals surface area contributed by atoms with Crippen molar-refractivity contribution in [2.24, 2.45) is 5.73 Å². The Labute approximate surface area is 120 Å². The lowest BCUT2D eigenvalue weighted by Gasteiger charge is -2.03. The monoisotopic (exact) mass is 286 g/mol. The van der Waals surface area contributed by atoms with Gasteiger partial charge in [0.05, 0.1) is 23.6 Å². The number of nitrogen functional groups attached to an aromatic ring is 1. The number of nitrogens with two attached hydrogens (primary N) is 2. The number of rotatable bonds is 1. The summed E-state index contributed by atoms with van der Waals surface area (Å²) in [4.78, 5) is 17.0. The molecule has 108 valence electrons. The number of hydrogen-bond acceptors (Lipinski definition) is 5. The number of nitrogens with zero attached hydrogens (tertiary/aromatic N) is 4. The molecule has 0 aliphatic carbocycles. The number of hydrogen-bond donors (Lipinski definition) is 3. The van der Waals surface area contributed by atoms with Crippen LogP contribution in [-0.2, 0) is 0 Å². The third-order valence-electron chi connectivity index (χ3n) is 2.60. The number of carbonyl (C=O) groups is 1. The number of pyridine rings is 2. The lowest BCUT2D eigenvalue weighted by Crippen LogP contribution is -2.03. The highest BCUT2D eigenvalue weighted by molar-refractivity contribution is 5.81. The number of carboxylic acid groups (broad SMARTS) is 1. The summed E-state index contributed by atoms with van der Waals surface area (Å²) in [5.74, 6) is 0.503. The number of anilines is 1. The van der Waals surface area contributed by atoms with Gasteiger partial charge < -0.3 is 16.6 Å². The van der Waals surface area contributed by atoms with Gasteiger partial charge >= 0.3 is 6.09 Å². The Kier molecular flexibility index (Phi) is 3.98. The van der Waals surface area contributed by atoms with Crippen molar-refractivity contribution in [2.75, 3.05) is 5.73 Å². The van der Waals surface area contributed by atoms with Gasteiger partial charge in [-0.3, -0.25) is 4.98 Å². The Morgan fingerprint density at radius 3 is 2.67 bits per heavy atom. The Balaban J connectivity index is 0.000000361. The third kappa shape index (κ3) is 3.44. The van der Waals surface area contributed by atoms with Gasteiger partial charge in [0, 0.05) is 17.3 Å². The van der Waals surface area contributed by atoms with Gasteiger partial charge in [-0.15, -0.1) is 0 Å². The van der Waals surface area contributed by atoms with Crippen molar-refractivity contribution in [1.29, 1.82) is 0 Å². The van der Waals surface area contributed by atoms with Gasteiger partial charge in [0.2, 0.25) is 0 Å². The topological polar surface area (TPSA) is 133 Å². The predicted octanol–water partition coefficient (Wildman–Crippen LogP) is 1.33. The molecule has 0 aromatic carbocycles. The van der Waals surface area contributed by atoms with Crippen molar-refractivity contribution in [3.05, 3.63) is 42.5 Å². The van der Waals surface area contributed by atoms with Crippen LogP contribution in [0.3, 0.4) is 0 Å². The zero-order valence-corrected chi connectivity index (χ0v) is 11.3. The van der Waals surface area contributed by atoms with Crippen molar-refractivity contribution in [3.8, 4) is 5.69 Å². The maximum Gasteiger partial charge on any atom is 0.402 e. The highest BCUT2D eigenvalue weighted by Gasteiger charge is 2.05. The summed E-state index contributed by atoms with van der Waals surface area (Å²) in [6, 6.07) is 5.70. The summed E-state index contributed by atoms with van der Waals surface area (Å²) in [5.41, 5.74) is 12.5. The van der Waals surface area contributed by atoms with E-state index in [0.29, 0.717) is 5.82 Å². The third-order valence-corrected chi connectivity index (χ3v) is 2.60. The van der Waals surface area contributed by atoms with Crippen molar-refractivity contribution in [2.45, 2.75) is 6.92 Å². The summed E-state index contributed by atoms with van der Waals surface area (Å²) < 4.78 is 1.83. The maximum atomic E-state index is 8.78. The Hall–Kier alpha value is -3.16. The largest absolute Gasteiger partial charge is 0.465 e. The molecule has 3 aromatic heterocycles. The smallest absolute Gasteiger partial charge is 0.402 e. The zero-order chi connectivity index (χ0) is 15.4. The van der Waals surface area contributed by atoms with Gasteiger partial charge in [-0.05, 0) is 25.1 Å². The molecule has 1 amide bonds. The van der Waals surface area contributed by atoms with Crippen molar-refractivity contribution in [1.82, 2.24) is 19.7 Å². The van der Waals surface area contributed by atoms with Crippen LogP contribution in [0.1, 0.15) is 5.69 Å². The minimum atomic E-state index is -1.33. The first-order valence-corrected chi connectivity index (χ1v) is 5.98. The van der Waals surface area contributed by atoms with Crippen LogP contribution in [0.5, 0.6) is 0 Å². The Bertz CT molecular complexity index is 779. The lowest BCUT2D eigenvalue weighted by atomic mass is 10.3. The molecule has 0 radical (unpaired) electrons. The van der Waals surface area contributed by atoms with E-state index in [0.717, 1.165) is 22.3 Å². The molecule has 0 atom stereocenters.